The average Bonchev–Trinajstić information content (AvgIpc) is 3.12. The predicted octanol–water partition coefficient (Wildman–Crippen LogP) is 6.19. The minimum atomic E-state index is -0.146. The summed E-state index contributed by atoms with van der Waals surface area (Å²) in [7, 11) is 0. The van der Waals surface area contributed by atoms with Crippen LogP contribution in [-0.2, 0) is 23.0 Å². The zero-order valence-electron chi connectivity index (χ0n) is 19.6. The highest BCUT2D eigenvalue weighted by Gasteiger charge is 2.39. The second kappa shape index (κ2) is 10.3. The second-order valence-corrected chi connectivity index (χ2v) is 9.16. The van der Waals surface area contributed by atoms with Crippen LogP contribution in [0.15, 0.2) is 84.9 Å². The summed E-state index contributed by atoms with van der Waals surface area (Å²) in [6, 6.07) is 28.9. The van der Waals surface area contributed by atoms with Gasteiger partial charge in [-0.05, 0) is 53.2 Å². The molecule has 32 heavy (non-hydrogen) atoms. The summed E-state index contributed by atoms with van der Waals surface area (Å²) in [5.41, 5.74) is 8.20. The minimum Gasteiger partial charge on any atom is -0.380 e. The van der Waals surface area contributed by atoms with Gasteiger partial charge in [-0.15, -0.1) is 0 Å². The molecular formula is C30H35NO. The van der Waals surface area contributed by atoms with E-state index in [2.05, 4.69) is 111 Å². The lowest BCUT2D eigenvalue weighted by Gasteiger charge is -2.30. The van der Waals surface area contributed by atoms with Crippen molar-refractivity contribution in [2.45, 2.75) is 45.1 Å². The maximum absolute atomic E-state index is 6.08. The van der Waals surface area contributed by atoms with Crippen molar-refractivity contribution in [3.63, 3.8) is 0 Å². The van der Waals surface area contributed by atoms with Crippen molar-refractivity contribution in [3.8, 4) is 0 Å². The van der Waals surface area contributed by atoms with Gasteiger partial charge in [0.15, 0.2) is 0 Å². The Morgan fingerprint density at radius 3 is 2.09 bits per heavy atom. The highest BCUT2D eigenvalue weighted by Crippen LogP contribution is 2.44. The molecule has 0 saturated carbocycles. The van der Waals surface area contributed by atoms with E-state index in [4.69, 9.17) is 4.74 Å². The molecule has 3 aromatic carbocycles. The van der Waals surface area contributed by atoms with Gasteiger partial charge in [0.2, 0.25) is 0 Å². The van der Waals surface area contributed by atoms with Crippen molar-refractivity contribution >= 4 is 5.57 Å². The van der Waals surface area contributed by atoms with Crippen molar-refractivity contribution in [2.24, 2.45) is 0 Å². The molecule has 0 radical (unpaired) electrons. The topological polar surface area (TPSA) is 21.3 Å². The van der Waals surface area contributed by atoms with E-state index in [0.717, 1.165) is 26.0 Å². The molecule has 0 aromatic heterocycles. The fourth-order valence-electron chi connectivity index (χ4n) is 4.78. The SMILES string of the molecule is CCOCC1(CNC(C)C)C=C(Cc2ccccc2)c2c(Cc3ccccc3)cccc21. The Morgan fingerprint density at radius 1 is 0.812 bits per heavy atom. The number of fused-ring (bicyclic) bond motifs is 1. The van der Waals surface area contributed by atoms with Gasteiger partial charge in [0.25, 0.3) is 0 Å². The number of ether oxygens (including phenoxy) is 1. The fraction of sp³-hybridized carbons (Fsp3) is 0.333. The smallest absolute Gasteiger partial charge is 0.0610 e. The lowest BCUT2D eigenvalue weighted by atomic mass is 9.81. The first-order chi connectivity index (χ1) is 15.6. The number of rotatable bonds is 10. The van der Waals surface area contributed by atoms with Crippen LogP contribution in [0.1, 0.15) is 48.6 Å². The fourth-order valence-corrected chi connectivity index (χ4v) is 4.78. The Kier molecular flexibility index (Phi) is 7.24. The van der Waals surface area contributed by atoms with Gasteiger partial charge in [0.1, 0.15) is 0 Å². The lowest BCUT2D eigenvalue weighted by Crippen LogP contribution is -2.42. The molecule has 0 spiro atoms. The second-order valence-electron chi connectivity index (χ2n) is 9.16. The van der Waals surface area contributed by atoms with E-state index in [0.29, 0.717) is 12.6 Å². The number of benzene rings is 3. The van der Waals surface area contributed by atoms with Crippen molar-refractivity contribution in [1.82, 2.24) is 5.32 Å². The van der Waals surface area contributed by atoms with Crippen LogP contribution in [0.3, 0.4) is 0 Å². The molecule has 1 N–H and O–H groups in total. The van der Waals surface area contributed by atoms with Gasteiger partial charge >= 0.3 is 0 Å². The van der Waals surface area contributed by atoms with E-state index in [9.17, 15) is 0 Å². The van der Waals surface area contributed by atoms with E-state index in [-0.39, 0.29) is 5.41 Å². The van der Waals surface area contributed by atoms with Crippen molar-refractivity contribution in [2.75, 3.05) is 19.8 Å². The van der Waals surface area contributed by atoms with Crippen molar-refractivity contribution in [3.05, 3.63) is 113 Å². The molecule has 1 aliphatic rings. The molecule has 0 bridgehead atoms. The quantitative estimate of drug-likeness (QED) is 0.418. The van der Waals surface area contributed by atoms with Crippen LogP contribution >= 0.6 is 0 Å². The number of hydrogen-bond acceptors (Lipinski definition) is 2. The van der Waals surface area contributed by atoms with Crippen LogP contribution < -0.4 is 5.32 Å². The van der Waals surface area contributed by atoms with E-state index in [1.54, 1.807) is 0 Å². The third kappa shape index (κ3) is 5.03. The highest BCUT2D eigenvalue weighted by atomic mass is 16.5. The zero-order chi connectivity index (χ0) is 22.4. The monoisotopic (exact) mass is 425 g/mol. The van der Waals surface area contributed by atoms with E-state index in [1.807, 2.05) is 0 Å². The van der Waals surface area contributed by atoms with Crippen LogP contribution in [0.5, 0.6) is 0 Å². The molecule has 0 amide bonds. The Labute approximate surface area is 193 Å². The third-order valence-corrected chi connectivity index (χ3v) is 6.32. The van der Waals surface area contributed by atoms with Gasteiger partial charge in [0.05, 0.1) is 12.0 Å². The van der Waals surface area contributed by atoms with Crippen molar-refractivity contribution < 1.29 is 4.74 Å². The Morgan fingerprint density at radius 2 is 1.47 bits per heavy atom. The molecule has 0 fully saturated rings. The van der Waals surface area contributed by atoms with Gasteiger partial charge in [0, 0.05) is 19.2 Å². The normalized spacial score (nSPS) is 17.4. The predicted molar refractivity (Wildman–Crippen MR) is 135 cm³/mol. The van der Waals surface area contributed by atoms with Gasteiger partial charge in [-0.3, -0.25) is 0 Å². The number of nitrogens with one attached hydrogen (secondary N) is 1. The minimum absolute atomic E-state index is 0.146. The molecule has 0 saturated heterocycles. The van der Waals surface area contributed by atoms with Gasteiger partial charge in [-0.25, -0.2) is 0 Å². The van der Waals surface area contributed by atoms with Crippen LogP contribution in [-0.4, -0.2) is 25.8 Å². The molecule has 0 heterocycles. The summed E-state index contributed by atoms with van der Waals surface area (Å²) in [6.07, 6.45) is 4.39. The maximum Gasteiger partial charge on any atom is 0.0610 e. The van der Waals surface area contributed by atoms with Crippen LogP contribution in [0.2, 0.25) is 0 Å². The maximum atomic E-state index is 6.08. The first kappa shape index (κ1) is 22.5. The summed E-state index contributed by atoms with van der Waals surface area (Å²) in [5.74, 6) is 0. The molecule has 1 aliphatic carbocycles. The largest absolute Gasteiger partial charge is 0.380 e. The van der Waals surface area contributed by atoms with Gasteiger partial charge < -0.3 is 10.1 Å². The van der Waals surface area contributed by atoms with Gasteiger partial charge in [-0.1, -0.05) is 98.8 Å². The third-order valence-electron chi connectivity index (χ3n) is 6.32. The molecule has 2 heteroatoms. The molecule has 1 unspecified atom stereocenters. The Hall–Kier alpha value is -2.68. The number of hydrogen-bond donors (Lipinski definition) is 1. The van der Waals surface area contributed by atoms with Gasteiger partial charge in [-0.2, -0.15) is 0 Å². The Balaban J connectivity index is 1.80. The standard InChI is InChI=1S/C30H35NO/c1-4-32-22-30(21-31-23(2)3)20-27(19-25-14-9-6-10-15-25)29-26(16-11-17-28(29)30)18-24-12-7-5-8-13-24/h5-17,20,23,31H,4,18-19,21-22H2,1-3H3. The average molecular weight is 426 g/mol. The number of allylic oxidation sites excluding steroid dienone is 1. The summed E-state index contributed by atoms with van der Waals surface area (Å²) < 4.78 is 6.08. The molecule has 3 aromatic rings. The zero-order valence-corrected chi connectivity index (χ0v) is 19.6. The highest BCUT2D eigenvalue weighted by molar-refractivity contribution is 5.80. The van der Waals surface area contributed by atoms with Crippen LogP contribution in [0.25, 0.3) is 5.57 Å². The summed E-state index contributed by atoms with van der Waals surface area (Å²) in [6.45, 7) is 8.81. The first-order valence-corrected chi connectivity index (χ1v) is 11.8. The Bertz CT molecular complexity index is 1040. The van der Waals surface area contributed by atoms with E-state index < -0.39 is 0 Å². The van der Waals surface area contributed by atoms with Crippen molar-refractivity contribution in [1.29, 1.82) is 0 Å². The lowest BCUT2D eigenvalue weighted by molar-refractivity contribution is 0.108. The molecule has 0 aliphatic heterocycles. The summed E-state index contributed by atoms with van der Waals surface area (Å²) >= 11 is 0. The molecule has 2 nitrogen and oxygen atoms in total. The molecular weight excluding hydrogens is 390 g/mol. The molecule has 166 valence electrons. The summed E-state index contributed by atoms with van der Waals surface area (Å²) in [4.78, 5) is 0. The van der Waals surface area contributed by atoms with Crippen LogP contribution in [0.4, 0.5) is 0 Å². The van der Waals surface area contributed by atoms with E-state index >= 15 is 0 Å². The van der Waals surface area contributed by atoms with E-state index in [1.165, 1.54) is 33.4 Å². The molecule has 4 rings (SSSR count). The summed E-state index contributed by atoms with van der Waals surface area (Å²) in [5, 5.41) is 3.71. The van der Waals surface area contributed by atoms with Crippen LogP contribution in [0, 0.1) is 0 Å². The first-order valence-electron chi connectivity index (χ1n) is 11.8. The molecule has 1 atom stereocenters.